The monoisotopic (exact) mass is 320 g/mol. The summed E-state index contributed by atoms with van der Waals surface area (Å²) in [5.74, 6) is 1.42. The van der Waals surface area contributed by atoms with Crippen LogP contribution in [0.1, 0.15) is 18.4 Å². The van der Waals surface area contributed by atoms with Crippen LogP contribution in [-0.4, -0.2) is 38.3 Å². The standard InChI is InChI=1S/C19H20N4O/c24-17-9-2-1-8-16(17)19-20-18(21-22-19)15-7-5-6-14(12-15)13-23-10-3-4-11-23/h1-2,5-9,12,24H,3-4,10-11,13H2,(H,20,21,22). The molecule has 0 aliphatic carbocycles. The highest BCUT2D eigenvalue weighted by atomic mass is 16.3. The highest BCUT2D eigenvalue weighted by Gasteiger charge is 2.14. The van der Waals surface area contributed by atoms with Crippen molar-refractivity contribution in [2.45, 2.75) is 19.4 Å². The van der Waals surface area contributed by atoms with Gasteiger partial charge in [0.2, 0.25) is 0 Å². The number of phenolic OH excluding ortho intramolecular Hbond substituents is 1. The van der Waals surface area contributed by atoms with Gasteiger partial charge in [-0.05, 0) is 49.7 Å². The van der Waals surface area contributed by atoms with Crippen LogP contribution in [0, 0.1) is 0 Å². The van der Waals surface area contributed by atoms with Crippen molar-refractivity contribution in [1.82, 2.24) is 20.1 Å². The average Bonchev–Trinajstić information content (AvgIpc) is 3.27. The molecule has 24 heavy (non-hydrogen) atoms. The summed E-state index contributed by atoms with van der Waals surface area (Å²) in [7, 11) is 0. The summed E-state index contributed by atoms with van der Waals surface area (Å²) in [6.07, 6.45) is 2.59. The summed E-state index contributed by atoms with van der Waals surface area (Å²) in [6, 6.07) is 15.5. The summed E-state index contributed by atoms with van der Waals surface area (Å²) < 4.78 is 0. The van der Waals surface area contributed by atoms with E-state index in [-0.39, 0.29) is 5.75 Å². The van der Waals surface area contributed by atoms with Gasteiger partial charge in [-0.1, -0.05) is 30.3 Å². The quantitative estimate of drug-likeness (QED) is 0.773. The average molecular weight is 320 g/mol. The number of nitrogens with one attached hydrogen (secondary N) is 1. The van der Waals surface area contributed by atoms with Gasteiger partial charge in [0.1, 0.15) is 5.75 Å². The van der Waals surface area contributed by atoms with Gasteiger partial charge in [-0.25, -0.2) is 4.98 Å². The van der Waals surface area contributed by atoms with E-state index in [0.717, 1.165) is 12.1 Å². The van der Waals surface area contributed by atoms with Crippen LogP contribution in [0.15, 0.2) is 48.5 Å². The molecule has 3 aromatic rings. The van der Waals surface area contributed by atoms with Crippen LogP contribution in [0.2, 0.25) is 0 Å². The molecule has 1 saturated heterocycles. The van der Waals surface area contributed by atoms with Crippen LogP contribution in [0.4, 0.5) is 0 Å². The lowest BCUT2D eigenvalue weighted by atomic mass is 10.1. The molecule has 1 aliphatic heterocycles. The molecule has 0 saturated carbocycles. The predicted molar refractivity (Wildman–Crippen MR) is 93.4 cm³/mol. The molecule has 0 spiro atoms. The number of H-pyrrole nitrogens is 1. The lowest BCUT2D eigenvalue weighted by Crippen LogP contribution is -2.18. The lowest BCUT2D eigenvalue weighted by molar-refractivity contribution is 0.331. The molecule has 1 aliphatic rings. The molecule has 0 amide bonds. The molecular formula is C19H20N4O. The predicted octanol–water partition coefficient (Wildman–Crippen LogP) is 3.44. The largest absolute Gasteiger partial charge is 0.507 e. The van der Waals surface area contributed by atoms with Crippen molar-refractivity contribution in [3.05, 3.63) is 54.1 Å². The van der Waals surface area contributed by atoms with E-state index in [1.807, 2.05) is 18.2 Å². The first-order valence-electron chi connectivity index (χ1n) is 8.32. The van der Waals surface area contributed by atoms with Gasteiger partial charge in [0.15, 0.2) is 11.6 Å². The molecule has 0 bridgehead atoms. The Bertz CT molecular complexity index is 837. The van der Waals surface area contributed by atoms with E-state index < -0.39 is 0 Å². The van der Waals surface area contributed by atoms with Gasteiger partial charge in [0.25, 0.3) is 0 Å². The maximum Gasteiger partial charge on any atom is 0.181 e. The second kappa shape index (κ2) is 6.45. The number of likely N-dealkylation sites (tertiary alicyclic amines) is 1. The Kier molecular flexibility index (Phi) is 4.01. The number of hydrogen-bond donors (Lipinski definition) is 2. The van der Waals surface area contributed by atoms with E-state index in [0.29, 0.717) is 17.2 Å². The first kappa shape index (κ1) is 14.9. The molecule has 5 heteroatoms. The van der Waals surface area contributed by atoms with E-state index in [9.17, 15) is 5.11 Å². The smallest absolute Gasteiger partial charge is 0.181 e. The number of aromatic amines is 1. The summed E-state index contributed by atoms with van der Waals surface area (Å²) in [4.78, 5) is 7.02. The molecule has 5 nitrogen and oxygen atoms in total. The van der Waals surface area contributed by atoms with Crippen molar-refractivity contribution >= 4 is 0 Å². The van der Waals surface area contributed by atoms with Gasteiger partial charge in [0, 0.05) is 12.1 Å². The van der Waals surface area contributed by atoms with E-state index in [1.165, 1.54) is 31.5 Å². The Morgan fingerprint density at radius 3 is 2.71 bits per heavy atom. The fraction of sp³-hybridized carbons (Fsp3) is 0.263. The third-order valence-corrected chi connectivity index (χ3v) is 4.43. The van der Waals surface area contributed by atoms with Gasteiger partial charge in [0.05, 0.1) is 5.56 Å². The summed E-state index contributed by atoms with van der Waals surface area (Å²) in [5.41, 5.74) is 2.93. The third-order valence-electron chi connectivity index (χ3n) is 4.43. The molecule has 2 aromatic carbocycles. The van der Waals surface area contributed by atoms with E-state index >= 15 is 0 Å². The van der Waals surface area contributed by atoms with Crippen molar-refractivity contribution in [3.63, 3.8) is 0 Å². The van der Waals surface area contributed by atoms with Crippen molar-refractivity contribution in [2.24, 2.45) is 0 Å². The van der Waals surface area contributed by atoms with Gasteiger partial charge in [-0.2, -0.15) is 5.10 Å². The zero-order chi connectivity index (χ0) is 16.4. The summed E-state index contributed by atoms with van der Waals surface area (Å²) in [6.45, 7) is 3.34. The number of hydrogen-bond acceptors (Lipinski definition) is 4. The van der Waals surface area contributed by atoms with Crippen molar-refractivity contribution in [2.75, 3.05) is 13.1 Å². The van der Waals surface area contributed by atoms with Gasteiger partial charge < -0.3 is 5.11 Å². The normalized spacial score (nSPS) is 15.0. The van der Waals surface area contributed by atoms with E-state index in [2.05, 4.69) is 38.3 Å². The molecule has 2 N–H and O–H groups in total. The van der Waals surface area contributed by atoms with E-state index in [4.69, 9.17) is 0 Å². The van der Waals surface area contributed by atoms with E-state index in [1.54, 1.807) is 12.1 Å². The summed E-state index contributed by atoms with van der Waals surface area (Å²) in [5, 5.41) is 17.2. The minimum absolute atomic E-state index is 0.197. The zero-order valence-electron chi connectivity index (χ0n) is 13.4. The molecular weight excluding hydrogens is 300 g/mol. The second-order valence-corrected chi connectivity index (χ2v) is 6.21. The Morgan fingerprint density at radius 1 is 1.04 bits per heavy atom. The molecule has 1 fully saturated rings. The first-order valence-corrected chi connectivity index (χ1v) is 8.32. The molecule has 1 aromatic heterocycles. The van der Waals surface area contributed by atoms with Crippen molar-refractivity contribution in [1.29, 1.82) is 0 Å². The van der Waals surface area contributed by atoms with Gasteiger partial charge in [-0.15, -0.1) is 0 Å². The highest BCUT2D eigenvalue weighted by Crippen LogP contribution is 2.27. The van der Waals surface area contributed by atoms with Crippen LogP contribution in [-0.2, 0) is 6.54 Å². The molecule has 4 rings (SSSR count). The molecule has 122 valence electrons. The maximum absolute atomic E-state index is 9.95. The molecule has 0 radical (unpaired) electrons. The molecule has 2 heterocycles. The van der Waals surface area contributed by atoms with Crippen LogP contribution < -0.4 is 0 Å². The van der Waals surface area contributed by atoms with Crippen molar-refractivity contribution < 1.29 is 5.11 Å². The fourth-order valence-electron chi connectivity index (χ4n) is 3.19. The highest BCUT2D eigenvalue weighted by molar-refractivity contribution is 5.66. The van der Waals surface area contributed by atoms with Gasteiger partial charge >= 0.3 is 0 Å². The number of para-hydroxylation sites is 1. The second-order valence-electron chi connectivity index (χ2n) is 6.21. The lowest BCUT2D eigenvalue weighted by Gasteiger charge is -2.14. The molecule has 0 unspecified atom stereocenters. The Balaban J connectivity index is 1.59. The Morgan fingerprint density at radius 2 is 1.88 bits per heavy atom. The SMILES string of the molecule is Oc1ccccc1-c1nc(-c2cccc(CN3CCCC3)c2)n[nH]1. The third kappa shape index (κ3) is 3.03. The Labute approximate surface area is 141 Å². The Hall–Kier alpha value is -2.66. The topological polar surface area (TPSA) is 65.0 Å². The number of aromatic nitrogens is 3. The van der Waals surface area contributed by atoms with Crippen LogP contribution in [0.5, 0.6) is 5.75 Å². The van der Waals surface area contributed by atoms with Crippen LogP contribution in [0.25, 0.3) is 22.8 Å². The van der Waals surface area contributed by atoms with Crippen molar-refractivity contribution in [3.8, 4) is 28.5 Å². The minimum atomic E-state index is 0.197. The number of benzene rings is 2. The number of phenols is 1. The number of rotatable bonds is 4. The number of nitrogens with zero attached hydrogens (tertiary/aromatic N) is 3. The first-order chi connectivity index (χ1) is 11.8. The maximum atomic E-state index is 9.95. The zero-order valence-corrected chi connectivity index (χ0v) is 13.4. The summed E-state index contributed by atoms with van der Waals surface area (Å²) >= 11 is 0. The fourth-order valence-corrected chi connectivity index (χ4v) is 3.19. The molecule has 0 atom stereocenters. The van der Waals surface area contributed by atoms with Crippen LogP contribution in [0.3, 0.4) is 0 Å². The minimum Gasteiger partial charge on any atom is -0.507 e. The van der Waals surface area contributed by atoms with Crippen LogP contribution >= 0.6 is 0 Å². The number of aromatic hydroxyl groups is 1. The van der Waals surface area contributed by atoms with Gasteiger partial charge in [-0.3, -0.25) is 10.00 Å².